The van der Waals surface area contributed by atoms with E-state index in [-0.39, 0.29) is 0 Å². The second kappa shape index (κ2) is 6.57. The Kier molecular flexibility index (Phi) is 4.29. The highest BCUT2D eigenvalue weighted by Crippen LogP contribution is 2.29. The molecule has 128 valence electrons. The van der Waals surface area contributed by atoms with Gasteiger partial charge < -0.3 is 9.64 Å². The van der Waals surface area contributed by atoms with Gasteiger partial charge in [0.1, 0.15) is 11.4 Å². The van der Waals surface area contributed by atoms with E-state index in [0.717, 1.165) is 23.9 Å². The van der Waals surface area contributed by atoms with Crippen molar-refractivity contribution in [3.05, 3.63) is 42.2 Å². The average molecular weight is 326 g/mol. The summed E-state index contributed by atoms with van der Waals surface area (Å²) in [5.74, 6) is 1.67. The molecule has 5 heteroatoms. The van der Waals surface area contributed by atoms with Gasteiger partial charge in [-0.3, -0.25) is 4.90 Å². The van der Waals surface area contributed by atoms with E-state index in [0.29, 0.717) is 6.04 Å². The van der Waals surface area contributed by atoms with Gasteiger partial charge in [-0.2, -0.15) is 5.10 Å². The van der Waals surface area contributed by atoms with E-state index < -0.39 is 0 Å². The molecule has 0 unspecified atom stereocenters. The molecule has 0 N–H and O–H groups in total. The van der Waals surface area contributed by atoms with Crippen molar-refractivity contribution in [2.45, 2.75) is 25.4 Å². The number of rotatable bonds is 4. The molecule has 2 bridgehead atoms. The standard InChI is InChI=1S/C19H26N4O/c1-21-10-15-7-8-17(14-21)22(11-15)12-16-9-20-23(13-16)18-5-3-4-6-19(18)24-2/h3-6,9,13,15,17H,7-8,10-12,14H2,1-2H3/t15-,17+/m0/s1. The van der Waals surface area contributed by atoms with Gasteiger partial charge in [-0.05, 0) is 37.9 Å². The van der Waals surface area contributed by atoms with Crippen molar-refractivity contribution in [3.8, 4) is 11.4 Å². The zero-order valence-electron chi connectivity index (χ0n) is 14.6. The number of aromatic nitrogens is 2. The Labute approximate surface area is 143 Å². The molecule has 24 heavy (non-hydrogen) atoms. The van der Waals surface area contributed by atoms with Crippen LogP contribution in [-0.2, 0) is 6.54 Å². The summed E-state index contributed by atoms with van der Waals surface area (Å²) in [5, 5.41) is 4.56. The van der Waals surface area contributed by atoms with E-state index in [1.54, 1.807) is 7.11 Å². The molecule has 0 aliphatic carbocycles. The van der Waals surface area contributed by atoms with Crippen molar-refractivity contribution in [1.82, 2.24) is 19.6 Å². The second-order valence-electron chi connectivity index (χ2n) is 7.21. The van der Waals surface area contributed by atoms with Gasteiger partial charge in [0.15, 0.2) is 0 Å². The van der Waals surface area contributed by atoms with Crippen LogP contribution in [0.15, 0.2) is 36.7 Å². The maximum Gasteiger partial charge on any atom is 0.144 e. The molecular formula is C19H26N4O. The summed E-state index contributed by atoms with van der Waals surface area (Å²) in [7, 11) is 3.96. The molecule has 3 saturated heterocycles. The first kappa shape index (κ1) is 15.7. The van der Waals surface area contributed by atoms with Gasteiger partial charge in [-0.25, -0.2) is 4.68 Å². The lowest BCUT2D eigenvalue weighted by atomic mass is 9.95. The van der Waals surface area contributed by atoms with Crippen LogP contribution in [0.25, 0.3) is 5.69 Å². The minimum atomic E-state index is 0.684. The number of para-hydroxylation sites is 2. The normalized spacial score (nSPS) is 24.9. The fourth-order valence-corrected chi connectivity index (χ4v) is 4.23. The van der Waals surface area contributed by atoms with Gasteiger partial charge in [-0.1, -0.05) is 12.1 Å². The lowest BCUT2D eigenvalue weighted by Crippen LogP contribution is -2.43. The molecule has 1 aromatic carbocycles. The summed E-state index contributed by atoms with van der Waals surface area (Å²) in [5.41, 5.74) is 2.26. The summed E-state index contributed by atoms with van der Waals surface area (Å²) in [6.07, 6.45) is 6.84. The molecule has 0 amide bonds. The molecule has 4 heterocycles. The van der Waals surface area contributed by atoms with Crippen LogP contribution in [0.1, 0.15) is 18.4 Å². The zero-order valence-corrected chi connectivity index (χ0v) is 14.6. The first-order valence-electron chi connectivity index (χ1n) is 8.82. The van der Waals surface area contributed by atoms with Crippen molar-refractivity contribution >= 4 is 0 Å². The summed E-state index contributed by atoms with van der Waals surface area (Å²) < 4.78 is 7.38. The SMILES string of the molecule is COc1ccccc1-n1cc(CN2C[C@H]3CC[C@@H]2CN(C)C3)cn1. The molecule has 1 aromatic heterocycles. The predicted molar refractivity (Wildman–Crippen MR) is 94.5 cm³/mol. The van der Waals surface area contributed by atoms with Crippen LogP contribution in [0.2, 0.25) is 0 Å². The van der Waals surface area contributed by atoms with Crippen LogP contribution in [-0.4, -0.2) is 59.4 Å². The van der Waals surface area contributed by atoms with E-state index in [9.17, 15) is 0 Å². The van der Waals surface area contributed by atoms with Crippen LogP contribution >= 0.6 is 0 Å². The molecule has 3 aliphatic rings. The topological polar surface area (TPSA) is 33.5 Å². The summed E-state index contributed by atoms with van der Waals surface area (Å²) in [6, 6.07) is 8.70. The third-order valence-corrected chi connectivity index (χ3v) is 5.36. The van der Waals surface area contributed by atoms with Gasteiger partial charge in [0.05, 0.1) is 13.3 Å². The quantitative estimate of drug-likeness (QED) is 0.864. The van der Waals surface area contributed by atoms with Crippen molar-refractivity contribution in [1.29, 1.82) is 0 Å². The zero-order chi connectivity index (χ0) is 16.5. The van der Waals surface area contributed by atoms with E-state index in [4.69, 9.17) is 4.74 Å². The summed E-state index contributed by atoms with van der Waals surface area (Å²) in [6.45, 7) is 4.64. The highest BCUT2D eigenvalue weighted by atomic mass is 16.5. The first-order chi connectivity index (χ1) is 11.7. The van der Waals surface area contributed by atoms with Gasteiger partial charge in [0, 0.05) is 44.0 Å². The van der Waals surface area contributed by atoms with Crippen LogP contribution < -0.4 is 4.74 Å². The van der Waals surface area contributed by atoms with Crippen molar-refractivity contribution in [2.75, 3.05) is 33.8 Å². The van der Waals surface area contributed by atoms with Crippen LogP contribution in [0, 0.1) is 5.92 Å². The van der Waals surface area contributed by atoms with Gasteiger partial charge >= 0.3 is 0 Å². The minimum absolute atomic E-state index is 0.684. The number of fused-ring (bicyclic) bond motifs is 4. The molecule has 2 aromatic rings. The first-order valence-corrected chi connectivity index (χ1v) is 8.82. The van der Waals surface area contributed by atoms with Crippen molar-refractivity contribution < 1.29 is 4.74 Å². The largest absolute Gasteiger partial charge is 0.494 e. The van der Waals surface area contributed by atoms with Gasteiger partial charge in [-0.15, -0.1) is 0 Å². The average Bonchev–Trinajstić information content (AvgIpc) is 2.90. The number of piperidine rings is 1. The maximum absolute atomic E-state index is 5.45. The van der Waals surface area contributed by atoms with Crippen molar-refractivity contribution in [2.24, 2.45) is 5.92 Å². The fourth-order valence-electron chi connectivity index (χ4n) is 4.23. The van der Waals surface area contributed by atoms with E-state index in [2.05, 4.69) is 28.1 Å². The summed E-state index contributed by atoms with van der Waals surface area (Å²) >= 11 is 0. The number of hydrogen-bond acceptors (Lipinski definition) is 4. The molecule has 5 nitrogen and oxygen atoms in total. The molecule has 2 atom stereocenters. The Morgan fingerprint density at radius 3 is 2.92 bits per heavy atom. The van der Waals surface area contributed by atoms with E-state index in [1.165, 1.54) is 38.0 Å². The number of ether oxygens (including phenoxy) is 1. The van der Waals surface area contributed by atoms with E-state index >= 15 is 0 Å². The lowest BCUT2D eigenvalue weighted by Gasteiger charge is -2.35. The Morgan fingerprint density at radius 2 is 2.04 bits per heavy atom. The van der Waals surface area contributed by atoms with Crippen molar-refractivity contribution in [3.63, 3.8) is 0 Å². The molecule has 3 fully saturated rings. The lowest BCUT2D eigenvalue weighted by molar-refractivity contribution is 0.124. The maximum atomic E-state index is 5.45. The van der Waals surface area contributed by atoms with Gasteiger partial charge in [0.25, 0.3) is 0 Å². The molecule has 3 aliphatic heterocycles. The Morgan fingerprint density at radius 1 is 1.17 bits per heavy atom. The Bertz CT molecular complexity index is 698. The third kappa shape index (κ3) is 3.06. The number of methoxy groups -OCH3 is 1. The Hall–Kier alpha value is -1.85. The predicted octanol–water partition coefficient (Wildman–Crippen LogP) is 2.41. The molecule has 5 rings (SSSR count). The molecule has 0 spiro atoms. The monoisotopic (exact) mass is 326 g/mol. The van der Waals surface area contributed by atoms with Crippen LogP contribution in [0.4, 0.5) is 0 Å². The van der Waals surface area contributed by atoms with Crippen LogP contribution in [0.3, 0.4) is 0 Å². The number of benzene rings is 1. The number of likely N-dealkylation sites (N-methyl/N-ethyl adjacent to an activating group) is 1. The minimum Gasteiger partial charge on any atom is -0.494 e. The van der Waals surface area contributed by atoms with Gasteiger partial charge in [0.2, 0.25) is 0 Å². The second-order valence-corrected chi connectivity index (χ2v) is 7.21. The Balaban J connectivity index is 1.51. The third-order valence-electron chi connectivity index (χ3n) is 5.36. The highest BCUT2D eigenvalue weighted by Gasteiger charge is 2.33. The smallest absolute Gasteiger partial charge is 0.144 e. The summed E-state index contributed by atoms with van der Waals surface area (Å²) in [4.78, 5) is 5.15. The van der Waals surface area contributed by atoms with Crippen LogP contribution in [0.5, 0.6) is 5.75 Å². The molecule has 0 saturated carbocycles. The fraction of sp³-hybridized carbons (Fsp3) is 0.526. The molecule has 0 radical (unpaired) electrons. The number of hydrogen-bond donors (Lipinski definition) is 0. The van der Waals surface area contributed by atoms with E-state index in [1.807, 2.05) is 35.1 Å². The highest BCUT2D eigenvalue weighted by molar-refractivity contribution is 5.46. The number of nitrogens with zero attached hydrogens (tertiary/aromatic N) is 4. The molecular weight excluding hydrogens is 300 g/mol.